The third-order valence-electron chi connectivity index (χ3n) is 3.02. The number of nitrogens with two attached hydrogens (primary N) is 1. The number of nitrogens with zero attached hydrogens (tertiary/aromatic N) is 2. The van der Waals surface area contributed by atoms with E-state index in [1.807, 2.05) is 24.5 Å². The van der Waals surface area contributed by atoms with E-state index in [0.29, 0.717) is 6.54 Å². The lowest BCUT2D eigenvalue weighted by Crippen LogP contribution is -2.18. The second kappa shape index (κ2) is 4.67. The van der Waals surface area contributed by atoms with Crippen LogP contribution < -0.4 is 5.73 Å². The summed E-state index contributed by atoms with van der Waals surface area (Å²) in [4.78, 5) is 4.21. The second-order valence-corrected chi connectivity index (χ2v) is 4.23. The van der Waals surface area contributed by atoms with Gasteiger partial charge in [-0.2, -0.15) is 0 Å². The Hall–Kier alpha value is -1.68. The van der Waals surface area contributed by atoms with Crippen LogP contribution in [0.4, 0.5) is 4.39 Å². The summed E-state index contributed by atoms with van der Waals surface area (Å²) in [5.74, 6) is -0.253. The summed E-state index contributed by atoms with van der Waals surface area (Å²) in [5, 5.41) is 0. The van der Waals surface area contributed by atoms with Crippen molar-refractivity contribution in [1.82, 2.24) is 9.55 Å². The maximum atomic E-state index is 13.1. The van der Waals surface area contributed by atoms with Crippen molar-refractivity contribution in [3.8, 4) is 0 Å². The molecule has 90 valence electrons. The SMILES string of the molecule is Cc1ncn(CC(N)c2cccc(F)c2)c1C. The molecule has 0 radical (unpaired) electrons. The van der Waals surface area contributed by atoms with Gasteiger partial charge in [-0.25, -0.2) is 9.37 Å². The molecule has 0 aliphatic carbocycles. The maximum Gasteiger partial charge on any atom is 0.123 e. The van der Waals surface area contributed by atoms with Crippen molar-refractivity contribution < 1.29 is 4.39 Å². The molecular weight excluding hydrogens is 217 g/mol. The number of halogens is 1. The van der Waals surface area contributed by atoms with E-state index in [4.69, 9.17) is 5.73 Å². The highest BCUT2D eigenvalue weighted by atomic mass is 19.1. The lowest BCUT2D eigenvalue weighted by molar-refractivity contribution is 0.559. The standard InChI is InChI=1S/C13H16FN3/c1-9-10(2)17(8-16-9)7-13(15)11-4-3-5-12(14)6-11/h3-6,8,13H,7,15H2,1-2H3. The Balaban J connectivity index is 2.17. The minimum atomic E-state index is -0.253. The van der Waals surface area contributed by atoms with Crippen LogP contribution in [0.2, 0.25) is 0 Å². The van der Waals surface area contributed by atoms with Crippen LogP contribution in [0.15, 0.2) is 30.6 Å². The van der Waals surface area contributed by atoms with E-state index in [1.54, 1.807) is 12.4 Å². The van der Waals surface area contributed by atoms with Gasteiger partial charge < -0.3 is 10.3 Å². The molecule has 3 nitrogen and oxygen atoms in total. The lowest BCUT2D eigenvalue weighted by atomic mass is 10.1. The van der Waals surface area contributed by atoms with Gasteiger partial charge in [-0.1, -0.05) is 12.1 Å². The molecule has 1 atom stereocenters. The van der Waals surface area contributed by atoms with Gasteiger partial charge >= 0.3 is 0 Å². The molecule has 1 aromatic carbocycles. The largest absolute Gasteiger partial charge is 0.333 e. The number of aromatic nitrogens is 2. The number of imidazole rings is 1. The molecular formula is C13H16FN3. The van der Waals surface area contributed by atoms with Gasteiger partial charge in [0, 0.05) is 18.3 Å². The summed E-state index contributed by atoms with van der Waals surface area (Å²) >= 11 is 0. The average molecular weight is 233 g/mol. The van der Waals surface area contributed by atoms with E-state index in [-0.39, 0.29) is 11.9 Å². The molecule has 1 unspecified atom stereocenters. The highest BCUT2D eigenvalue weighted by molar-refractivity contribution is 5.20. The number of hydrogen-bond donors (Lipinski definition) is 1. The van der Waals surface area contributed by atoms with E-state index in [0.717, 1.165) is 17.0 Å². The summed E-state index contributed by atoms with van der Waals surface area (Å²) < 4.78 is 15.1. The molecule has 0 aliphatic heterocycles. The fourth-order valence-electron chi connectivity index (χ4n) is 1.78. The maximum absolute atomic E-state index is 13.1. The van der Waals surface area contributed by atoms with Crippen LogP contribution in [-0.4, -0.2) is 9.55 Å². The minimum Gasteiger partial charge on any atom is -0.333 e. The molecule has 0 saturated carbocycles. The summed E-state index contributed by atoms with van der Waals surface area (Å²) in [5.41, 5.74) is 8.95. The first-order chi connectivity index (χ1) is 8.08. The van der Waals surface area contributed by atoms with Crippen molar-refractivity contribution in [3.63, 3.8) is 0 Å². The van der Waals surface area contributed by atoms with Gasteiger partial charge in [0.15, 0.2) is 0 Å². The van der Waals surface area contributed by atoms with Crippen LogP contribution in [0.25, 0.3) is 0 Å². The minimum absolute atomic E-state index is 0.224. The Morgan fingerprint density at radius 2 is 2.18 bits per heavy atom. The highest BCUT2D eigenvalue weighted by Gasteiger charge is 2.10. The van der Waals surface area contributed by atoms with Crippen molar-refractivity contribution in [3.05, 3.63) is 53.4 Å². The molecule has 0 aliphatic rings. The number of benzene rings is 1. The Morgan fingerprint density at radius 1 is 1.41 bits per heavy atom. The van der Waals surface area contributed by atoms with E-state index in [1.165, 1.54) is 12.1 Å². The van der Waals surface area contributed by atoms with Gasteiger partial charge in [0.1, 0.15) is 5.82 Å². The lowest BCUT2D eigenvalue weighted by Gasteiger charge is -2.14. The van der Waals surface area contributed by atoms with Gasteiger partial charge in [0.2, 0.25) is 0 Å². The molecule has 2 aromatic rings. The van der Waals surface area contributed by atoms with Crippen LogP contribution >= 0.6 is 0 Å². The van der Waals surface area contributed by atoms with Crippen molar-refractivity contribution in [1.29, 1.82) is 0 Å². The summed E-state index contributed by atoms with van der Waals surface area (Å²) in [7, 11) is 0. The van der Waals surface area contributed by atoms with Crippen LogP contribution in [-0.2, 0) is 6.54 Å². The molecule has 0 spiro atoms. The molecule has 1 aromatic heterocycles. The molecule has 0 amide bonds. The second-order valence-electron chi connectivity index (χ2n) is 4.23. The molecule has 4 heteroatoms. The van der Waals surface area contributed by atoms with Crippen LogP contribution in [0.1, 0.15) is 23.0 Å². The van der Waals surface area contributed by atoms with Crippen LogP contribution in [0.3, 0.4) is 0 Å². The van der Waals surface area contributed by atoms with Crippen molar-refractivity contribution in [2.24, 2.45) is 5.73 Å². The summed E-state index contributed by atoms with van der Waals surface area (Å²) in [6.45, 7) is 4.57. The van der Waals surface area contributed by atoms with Crippen LogP contribution in [0, 0.1) is 19.7 Å². The van der Waals surface area contributed by atoms with Crippen molar-refractivity contribution in [2.75, 3.05) is 0 Å². The first kappa shape index (κ1) is 11.8. The van der Waals surface area contributed by atoms with Crippen molar-refractivity contribution >= 4 is 0 Å². The van der Waals surface area contributed by atoms with Gasteiger partial charge in [0.05, 0.1) is 12.0 Å². The van der Waals surface area contributed by atoms with Gasteiger partial charge in [0.25, 0.3) is 0 Å². The van der Waals surface area contributed by atoms with Crippen molar-refractivity contribution in [2.45, 2.75) is 26.4 Å². The topological polar surface area (TPSA) is 43.8 Å². The summed E-state index contributed by atoms with van der Waals surface area (Å²) in [6, 6.07) is 6.19. The van der Waals surface area contributed by atoms with E-state index < -0.39 is 0 Å². The van der Waals surface area contributed by atoms with Gasteiger partial charge in [-0.05, 0) is 31.5 Å². The average Bonchev–Trinajstić information content (AvgIpc) is 2.61. The summed E-state index contributed by atoms with van der Waals surface area (Å²) in [6.07, 6.45) is 1.77. The third-order valence-corrected chi connectivity index (χ3v) is 3.02. The van der Waals surface area contributed by atoms with E-state index in [9.17, 15) is 4.39 Å². The zero-order chi connectivity index (χ0) is 12.4. The molecule has 0 saturated heterocycles. The predicted octanol–water partition coefficient (Wildman–Crippen LogP) is 2.34. The Morgan fingerprint density at radius 3 is 2.76 bits per heavy atom. The fourth-order valence-corrected chi connectivity index (χ4v) is 1.78. The molecule has 2 N–H and O–H groups in total. The molecule has 17 heavy (non-hydrogen) atoms. The van der Waals surface area contributed by atoms with E-state index in [2.05, 4.69) is 4.98 Å². The quantitative estimate of drug-likeness (QED) is 0.884. The highest BCUT2D eigenvalue weighted by Crippen LogP contribution is 2.15. The monoisotopic (exact) mass is 233 g/mol. The third kappa shape index (κ3) is 2.53. The van der Waals surface area contributed by atoms with Crippen LogP contribution in [0.5, 0.6) is 0 Å². The molecule has 0 fully saturated rings. The molecule has 1 heterocycles. The molecule has 2 rings (SSSR count). The first-order valence-electron chi connectivity index (χ1n) is 5.57. The van der Waals surface area contributed by atoms with Gasteiger partial charge in [-0.3, -0.25) is 0 Å². The molecule has 0 bridgehead atoms. The Labute approximate surface area is 100 Å². The zero-order valence-electron chi connectivity index (χ0n) is 10.0. The first-order valence-corrected chi connectivity index (χ1v) is 5.57. The number of hydrogen-bond acceptors (Lipinski definition) is 2. The number of rotatable bonds is 3. The van der Waals surface area contributed by atoms with Gasteiger partial charge in [-0.15, -0.1) is 0 Å². The Kier molecular flexibility index (Phi) is 3.24. The smallest absolute Gasteiger partial charge is 0.123 e. The predicted molar refractivity (Wildman–Crippen MR) is 65.0 cm³/mol. The fraction of sp³-hybridized carbons (Fsp3) is 0.308. The van der Waals surface area contributed by atoms with E-state index >= 15 is 0 Å². The number of aryl methyl sites for hydroxylation is 1. The normalized spacial score (nSPS) is 12.7. The Bertz CT molecular complexity index is 519. The zero-order valence-corrected chi connectivity index (χ0v) is 10.0.